The second-order valence-electron chi connectivity index (χ2n) is 3.57. The van der Waals surface area contributed by atoms with Crippen LogP contribution in [0.1, 0.15) is 10.4 Å². The molecule has 3 heteroatoms. The number of rotatable bonds is 2. The van der Waals surface area contributed by atoms with Crippen LogP contribution in [0, 0.1) is 0 Å². The molecule has 0 radical (unpaired) electrons. The molecule has 16 heavy (non-hydrogen) atoms. The highest BCUT2D eigenvalue weighted by Gasteiger charge is 2.06. The molecule has 0 bridgehead atoms. The van der Waals surface area contributed by atoms with Gasteiger partial charge in [-0.2, -0.15) is 0 Å². The van der Waals surface area contributed by atoms with Crippen LogP contribution >= 0.6 is 0 Å². The van der Waals surface area contributed by atoms with Gasteiger partial charge < -0.3 is 9.30 Å². The number of methoxy groups -OCH3 is 1. The van der Waals surface area contributed by atoms with Gasteiger partial charge in [0.1, 0.15) is 0 Å². The van der Waals surface area contributed by atoms with Crippen molar-refractivity contribution in [2.45, 2.75) is 0 Å². The monoisotopic (exact) mass is 215 g/mol. The van der Waals surface area contributed by atoms with Gasteiger partial charge in [-0.05, 0) is 29.8 Å². The molecular formula is C13H13NO2. The van der Waals surface area contributed by atoms with E-state index < -0.39 is 0 Å². The molecular weight excluding hydrogens is 202 g/mol. The lowest BCUT2D eigenvalue weighted by Crippen LogP contribution is -2.00. The summed E-state index contributed by atoms with van der Waals surface area (Å²) in [6.07, 6.45) is 1.99. The number of aryl methyl sites for hydroxylation is 1. The van der Waals surface area contributed by atoms with Gasteiger partial charge in [0.2, 0.25) is 0 Å². The van der Waals surface area contributed by atoms with Crippen LogP contribution in [0.15, 0.2) is 42.6 Å². The van der Waals surface area contributed by atoms with E-state index in [2.05, 4.69) is 4.74 Å². The maximum absolute atomic E-state index is 11.3. The van der Waals surface area contributed by atoms with Gasteiger partial charge in [-0.1, -0.05) is 12.1 Å². The van der Waals surface area contributed by atoms with E-state index in [1.807, 2.05) is 42.1 Å². The third-order valence-corrected chi connectivity index (χ3v) is 2.55. The quantitative estimate of drug-likeness (QED) is 0.721. The molecule has 1 heterocycles. The van der Waals surface area contributed by atoms with Gasteiger partial charge in [-0.3, -0.25) is 0 Å². The van der Waals surface area contributed by atoms with Crippen LogP contribution in [0.25, 0.3) is 11.3 Å². The van der Waals surface area contributed by atoms with Crippen molar-refractivity contribution in [3.05, 3.63) is 48.2 Å². The minimum absolute atomic E-state index is 0.307. The minimum Gasteiger partial charge on any atom is -0.465 e. The highest BCUT2D eigenvalue weighted by atomic mass is 16.5. The Morgan fingerprint density at radius 2 is 1.88 bits per heavy atom. The minimum atomic E-state index is -0.307. The van der Waals surface area contributed by atoms with Gasteiger partial charge >= 0.3 is 5.97 Å². The maximum atomic E-state index is 11.3. The molecule has 1 aromatic heterocycles. The second-order valence-corrected chi connectivity index (χ2v) is 3.57. The van der Waals surface area contributed by atoms with E-state index in [4.69, 9.17) is 0 Å². The van der Waals surface area contributed by atoms with Crippen LogP contribution in [0.5, 0.6) is 0 Å². The molecule has 0 fully saturated rings. The van der Waals surface area contributed by atoms with Crippen molar-refractivity contribution < 1.29 is 9.53 Å². The molecule has 0 aliphatic carbocycles. The van der Waals surface area contributed by atoms with Crippen LogP contribution in [0.2, 0.25) is 0 Å². The Balaban J connectivity index is 2.33. The number of hydrogen-bond acceptors (Lipinski definition) is 2. The average Bonchev–Trinajstić information content (AvgIpc) is 2.75. The van der Waals surface area contributed by atoms with E-state index in [-0.39, 0.29) is 5.97 Å². The van der Waals surface area contributed by atoms with E-state index in [1.54, 1.807) is 12.1 Å². The number of nitrogens with zero attached hydrogens (tertiary/aromatic N) is 1. The van der Waals surface area contributed by atoms with Crippen molar-refractivity contribution >= 4 is 5.97 Å². The summed E-state index contributed by atoms with van der Waals surface area (Å²) in [4.78, 5) is 11.3. The Hall–Kier alpha value is -2.03. The number of carbonyl (C=O) groups is 1. The summed E-state index contributed by atoms with van der Waals surface area (Å²) in [6, 6.07) is 11.4. The number of esters is 1. The Morgan fingerprint density at radius 3 is 2.38 bits per heavy atom. The molecule has 0 saturated heterocycles. The largest absolute Gasteiger partial charge is 0.465 e. The summed E-state index contributed by atoms with van der Waals surface area (Å²) in [5, 5.41) is 0. The first-order valence-corrected chi connectivity index (χ1v) is 5.02. The summed E-state index contributed by atoms with van der Waals surface area (Å²) < 4.78 is 6.68. The molecule has 2 rings (SSSR count). The summed E-state index contributed by atoms with van der Waals surface area (Å²) in [7, 11) is 3.37. The van der Waals surface area contributed by atoms with Crippen LogP contribution in [-0.2, 0) is 11.8 Å². The predicted molar refractivity (Wildman–Crippen MR) is 62.2 cm³/mol. The lowest BCUT2D eigenvalue weighted by Gasteiger charge is -2.04. The van der Waals surface area contributed by atoms with Gasteiger partial charge in [0.15, 0.2) is 0 Å². The third kappa shape index (κ3) is 1.84. The highest BCUT2D eigenvalue weighted by Crippen LogP contribution is 2.19. The van der Waals surface area contributed by atoms with Crippen molar-refractivity contribution in [2.75, 3.05) is 7.11 Å². The highest BCUT2D eigenvalue weighted by molar-refractivity contribution is 5.89. The first kappa shape index (κ1) is 10.5. The Bertz CT molecular complexity index is 497. The van der Waals surface area contributed by atoms with Gasteiger partial charge in [-0.25, -0.2) is 4.79 Å². The number of ether oxygens (including phenoxy) is 1. The average molecular weight is 215 g/mol. The molecule has 0 saturated carbocycles. The molecule has 82 valence electrons. The second kappa shape index (κ2) is 4.23. The lowest BCUT2D eigenvalue weighted by molar-refractivity contribution is 0.0601. The Morgan fingerprint density at radius 1 is 1.19 bits per heavy atom. The molecule has 0 spiro atoms. The van der Waals surface area contributed by atoms with Crippen LogP contribution in [0.3, 0.4) is 0 Å². The normalized spacial score (nSPS) is 10.1. The SMILES string of the molecule is COC(=O)c1ccc(-c2cccn2C)cc1. The van der Waals surface area contributed by atoms with E-state index >= 15 is 0 Å². The summed E-state index contributed by atoms with van der Waals surface area (Å²) in [5.41, 5.74) is 2.78. The topological polar surface area (TPSA) is 31.2 Å². The van der Waals surface area contributed by atoms with E-state index in [9.17, 15) is 4.79 Å². The molecule has 1 aromatic carbocycles. The fraction of sp³-hybridized carbons (Fsp3) is 0.154. The summed E-state index contributed by atoms with van der Waals surface area (Å²) in [6.45, 7) is 0. The smallest absolute Gasteiger partial charge is 0.337 e. The zero-order chi connectivity index (χ0) is 11.5. The number of carbonyl (C=O) groups excluding carboxylic acids is 1. The predicted octanol–water partition coefficient (Wildman–Crippen LogP) is 2.48. The van der Waals surface area contributed by atoms with E-state index in [0.29, 0.717) is 5.56 Å². The zero-order valence-corrected chi connectivity index (χ0v) is 9.31. The van der Waals surface area contributed by atoms with Gasteiger partial charge in [0, 0.05) is 18.9 Å². The molecule has 0 unspecified atom stereocenters. The first-order chi connectivity index (χ1) is 7.72. The number of hydrogen-bond donors (Lipinski definition) is 0. The fourth-order valence-electron chi connectivity index (χ4n) is 1.66. The van der Waals surface area contributed by atoms with Crippen LogP contribution in [-0.4, -0.2) is 17.6 Å². The summed E-state index contributed by atoms with van der Waals surface area (Å²) in [5.74, 6) is -0.307. The van der Waals surface area contributed by atoms with E-state index in [1.165, 1.54) is 7.11 Å². The fourth-order valence-corrected chi connectivity index (χ4v) is 1.66. The molecule has 0 aliphatic heterocycles. The molecule has 0 aliphatic rings. The Labute approximate surface area is 94.3 Å². The van der Waals surface area contributed by atoms with Crippen molar-refractivity contribution in [1.82, 2.24) is 4.57 Å². The zero-order valence-electron chi connectivity index (χ0n) is 9.31. The maximum Gasteiger partial charge on any atom is 0.337 e. The molecule has 3 nitrogen and oxygen atoms in total. The molecule has 0 amide bonds. The number of aromatic nitrogens is 1. The van der Waals surface area contributed by atoms with Crippen LogP contribution < -0.4 is 0 Å². The van der Waals surface area contributed by atoms with Crippen molar-refractivity contribution in [2.24, 2.45) is 7.05 Å². The summed E-state index contributed by atoms with van der Waals surface area (Å²) >= 11 is 0. The standard InChI is InChI=1S/C13H13NO2/c1-14-9-3-4-12(14)10-5-7-11(8-6-10)13(15)16-2/h3-9H,1-2H3. The molecule has 0 atom stereocenters. The lowest BCUT2D eigenvalue weighted by atomic mass is 10.1. The van der Waals surface area contributed by atoms with Crippen LogP contribution in [0.4, 0.5) is 0 Å². The van der Waals surface area contributed by atoms with Gasteiger partial charge in [0.05, 0.1) is 12.7 Å². The Kier molecular flexibility index (Phi) is 2.77. The van der Waals surface area contributed by atoms with Gasteiger partial charge in [0.25, 0.3) is 0 Å². The first-order valence-electron chi connectivity index (χ1n) is 5.02. The number of benzene rings is 1. The third-order valence-electron chi connectivity index (χ3n) is 2.55. The molecule has 2 aromatic rings. The van der Waals surface area contributed by atoms with Gasteiger partial charge in [-0.15, -0.1) is 0 Å². The van der Waals surface area contributed by atoms with E-state index in [0.717, 1.165) is 11.3 Å². The van der Waals surface area contributed by atoms with Crippen molar-refractivity contribution in [3.8, 4) is 11.3 Å². The van der Waals surface area contributed by atoms with Crippen molar-refractivity contribution in [3.63, 3.8) is 0 Å². The molecule has 0 N–H and O–H groups in total. The van der Waals surface area contributed by atoms with Crippen molar-refractivity contribution in [1.29, 1.82) is 0 Å².